The number of thiocarbonyl (C=S) groups is 1. The molecule has 0 bridgehead atoms. The van der Waals surface area contributed by atoms with Crippen molar-refractivity contribution in [1.29, 1.82) is 0 Å². The molecule has 2 aromatic carbocycles. The summed E-state index contributed by atoms with van der Waals surface area (Å²) in [5, 5.41) is 9.10. The number of halogens is 1. The molecule has 1 amide bonds. The summed E-state index contributed by atoms with van der Waals surface area (Å²) < 4.78 is 1.34. The van der Waals surface area contributed by atoms with E-state index in [4.69, 9.17) is 17.3 Å². The molecule has 120 valence electrons. The summed E-state index contributed by atoms with van der Waals surface area (Å²) in [5.74, 6) is -1.30. The predicted molar refractivity (Wildman–Crippen MR) is 103 cm³/mol. The van der Waals surface area contributed by atoms with Crippen LogP contribution in [0.5, 0.6) is 0 Å². The van der Waals surface area contributed by atoms with Gasteiger partial charge in [0.15, 0.2) is 4.32 Å². The fourth-order valence-corrected chi connectivity index (χ4v) is 3.74. The lowest BCUT2D eigenvalue weighted by atomic mass is 10.2. The minimum absolute atomic E-state index is 0.110. The Morgan fingerprint density at radius 2 is 1.92 bits per heavy atom. The van der Waals surface area contributed by atoms with Crippen molar-refractivity contribution in [3.8, 4) is 0 Å². The van der Waals surface area contributed by atoms with Gasteiger partial charge in [0, 0.05) is 4.47 Å². The Labute approximate surface area is 156 Å². The highest BCUT2D eigenvalue weighted by molar-refractivity contribution is 9.10. The zero-order chi connectivity index (χ0) is 17.3. The van der Waals surface area contributed by atoms with Crippen LogP contribution >= 0.6 is 39.9 Å². The van der Waals surface area contributed by atoms with E-state index >= 15 is 0 Å². The molecule has 0 aromatic heterocycles. The molecule has 3 rings (SSSR count). The van der Waals surface area contributed by atoms with Gasteiger partial charge < -0.3 is 5.11 Å². The number of hydrogen-bond donors (Lipinski definition) is 1. The molecule has 0 radical (unpaired) electrons. The number of amides is 1. The first-order valence-corrected chi connectivity index (χ1v) is 8.84. The highest BCUT2D eigenvalue weighted by atomic mass is 79.9. The molecule has 1 aliphatic rings. The number of rotatable bonds is 3. The van der Waals surface area contributed by atoms with Crippen molar-refractivity contribution < 1.29 is 14.7 Å². The van der Waals surface area contributed by atoms with Gasteiger partial charge in [-0.05, 0) is 42.0 Å². The van der Waals surface area contributed by atoms with E-state index in [0.717, 1.165) is 10.0 Å². The minimum Gasteiger partial charge on any atom is -0.478 e. The highest BCUT2D eigenvalue weighted by Crippen LogP contribution is 2.36. The second kappa shape index (κ2) is 6.88. The Hall–Kier alpha value is -1.96. The van der Waals surface area contributed by atoms with Gasteiger partial charge in [-0.15, -0.1) is 0 Å². The predicted octanol–water partition coefficient (Wildman–Crippen LogP) is 4.55. The normalized spacial score (nSPS) is 16.0. The van der Waals surface area contributed by atoms with Gasteiger partial charge in [-0.2, -0.15) is 0 Å². The summed E-state index contributed by atoms with van der Waals surface area (Å²) in [6.07, 6.45) is 1.77. The van der Waals surface area contributed by atoms with E-state index in [2.05, 4.69) is 15.9 Å². The van der Waals surface area contributed by atoms with E-state index in [9.17, 15) is 9.59 Å². The first kappa shape index (κ1) is 16.9. The SMILES string of the molecule is O=C(O)c1cccc(N2C(=O)/C(=C\c3ccc(Br)cc3)SC2=S)c1. The molecule has 1 aliphatic heterocycles. The maximum atomic E-state index is 12.7. The van der Waals surface area contributed by atoms with Gasteiger partial charge in [-0.3, -0.25) is 9.69 Å². The van der Waals surface area contributed by atoms with Crippen LogP contribution in [-0.4, -0.2) is 21.3 Å². The molecule has 1 heterocycles. The number of hydrogen-bond acceptors (Lipinski definition) is 4. The monoisotopic (exact) mass is 419 g/mol. The lowest BCUT2D eigenvalue weighted by molar-refractivity contribution is -0.113. The van der Waals surface area contributed by atoms with E-state index in [-0.39, 0.29) is 11.5 Å². The molecule has 0 atom stereocenters. The molecule has 1 saturated heterocycles. The fraction of sp³-hybridized carbons (Fsp3) is 0. The van der Waals surface area contributed by atoms with Crippen molar-refractivity contribution in [3.63, 3.8) is 0 Å². The Bertz CT molecular complexity index is 878. The van der Waals surface area contributed by atoms with E-state index in [1.165, 1.54) is 28.8 Å². The smallest absolute Gasteiger partial charge is 0.335 e. The molecule has 24 heavy (non-hydrogen) atoms. The minimum atomic E-state index is -1.05. The van der Waals surface area contributed by atoms with Gasteiger partial charge in [0.1, 0.15) is 0 Å². The molecule has 0 saturated carbocycles. The van der Waals surface area contributed by atoms with Crippen LogP contribution in [0.1, 0.15) is 15.9 Å². The highest BCUT2D eigenvalue weighted by Gasteiger charge is 2.33. The Morgan fingerprint density at radius 3 is 2.58 bits per heavy atom. The van der Waals surface area contributed by atoms with E-state index in [1.54, 1.807) is 18.2 Å². The maximum Gasteiger partial charge on any atom is 0.335 e. The first-order valence-electron chi connectivity index (χ1n) is 6.82. The van der Waals surface area contributed by atoms with Crippen LogP contribution in [0, 0.1) is 0 Å². The Kier molecular flexibility index (Phi) is 4.84. The van der Waals surface area contributed by atoms with Crippen LogP contribution in [0.3, 0.4) is 0 Å². The topological polar surface area (TPSA) is 57.6 Å². The molecular formula is C17H10BrNO3S2. The van der Waals surface area contributed by atoms with Crippen molar-refractivity contribution in [1.82, 2.24) is 0 Å². The summed E-state index contributed by atoms with van der Waals surface area (Å²) in [6.45, 7) is 0. The third-order valence-corrected chi connectivity index (χ3v) is 5.14. The number of aromatic carboxylic acids is 1. The third-order valence-electron chi connectivity index (χ3n) is 3.31. The quantitative estimate of drug-likeness (QED) is 0.583. The molecule has 1 fully saturated rings. The Morgan fingerprint density at radius 1 is 1.21 bits per heavy atom. The number of carbonyl (C=O) groups excluding carboxylic acids is 1. The molecule has 4 nitrogen and oxygen atoms in total. The number of carboxylic acid groups (broad SMARTS) is 1. The van der Waals surface area contributed by atoms with Gasteiger partial charge in [-0.1, -0.05) is 58.1 Å². The zero-order valence-electron chi connectivity index (χ0n) is 12.1. The first-order chi connectivity index (χ1) is 11.5. The zero-order valence-corrected chi connectivity index (χ0v) is 15.3. The largest absolute Gasteiger partial charge is 0.478 e. The van der Waals surface area contributed by atoms with Crippen LogP contribution in [0.4, 0.5) is 5.69 Å². The number of carbonyl (C=O) groups is 2. The van der Waals surface area contributed by atoms with Crippen molar-refractivity contribution in [2.75, 3.05) is 4.90 Å². The number of carboxylic acids is 1. The Balaban J connectivity index is 1.93. The van der Waals surface area contributed by atoms with Crippen LogP contribution in [0.15, 0.2) is 57.9 Å². The average Bonchev–Trinajstić information content (AvgIpc) is 2.83. The third kappa shape index (κ3) is 3.43. The van der Waals surface area contributed by atoms with Gasteiger partial charge >= 0.3 is 5.97 Å². The van der Waals surface area contributed by atoms with Crippen LogP contribution in [0.2, 0.25) is 0 Å². The molecule has 1 N–H and O–H groups in total. The maximum absolute atomic E-state index is 12.7. The van der Waals surface area contributed by atoms with E-state index < -0.39 is 5.97 Å². The summed E-state index contributed by atoms with van der Waals surface area (Å²) in [7, 11) is 0. The van der Waals surface area contributed by atoms with Gasteiger partial charge in [-0.25, -0.2) is 4.79 Å². The van der Waals surface area contributed by atoms with E-state index in [1.807, 2.05) is 24.3 Å². The van der Waals surface area contributed by atoms with E-state index in [0.29, 0.717) is 14.9 Å². The molecule has 7 heteroatoms. The summed E-state index contributed by atoms with van der Waals surface area (Å²) in [4.78, 5) is 25.6. The number of benzene rings is 2. The van der Waals surface area contributed by atoms with Crippen LogP contribution < -0.4 is 4.90 Å². The van der Waals surface area contributed by atoms with Crippen LogP contribution in [0.25, 0.3) is 6.08 Å². The number of thioether (sulfide) groups is 1. The lowest BCUT2D eigenvalue weighted by Crippen LogP contribution is -2.27. The average molecular weight is 420 g/mol. The van der Waals surface area contributed by atoms with Crippen molar-refractivity contribution in [2.24, 2.45) is 0 Å². The van der Waals surface area contributed by atoms with Crippen molar-refractivity contribution >= 4 is 67.9 Å². The van der Waals surface area contributed by atoms with Crippen molar-refractivity contribution in [2.45, 2.75) is 0 Å². The summed E-state index contributed by atoms with van der Waals surface area (Å²) in [6, 6.07) is 13.7. The second-order valence-electron chi connectivity index (χ2n) is 4.92. The molecule has 2 aromatic rings. The van der Waals surface area contributed by atoms with Crippen molar-refractivity contribution in [3.05, 3.63) is 69.0 Å². The van der Waals surface area contributed by atoms with Gasteiger partial charge in [0.05, 0.1) is 16.2 Å². The molecule has 0 spiro atoms. The lowest BCUT2D eigenvalue weighted by Gasteiger charge is -2.14. The van der Waals surface area contributed by atoms with Gasteiger partial charge in [0.25, 0.3) is 5.91 Å². The second-order valence-corrected chi connectivity index (χ2v) is 7.52. The standard InChI is InChI=1S/C17H10BrNO3S2/c18-12-6-4-10(5-7-12)8-14-15(20)19(17(23)24-14)13-3-1-2-11(9-13)16(21)22/h1-9H,(H,21,22)/b14-8+. The fourth-order valence-electron chi connectivity index (χ4n) is 2.18. The molecular weight excluding hydrogens is 410 g/mol. The summed E-state index contributed by atoms with van der Waals surface area (Å²) >= 11 is 9.86. The molecule has 0 aliphatic carbocycles. The molecule has 0 unspecified atom stereocenters. The number of nitrogens with zero attached hydrogens (tertiary/aromatic N) is 1. The number of anilines is 1. The van der Waals surface area contributed by atoms with Crippen LogP contribution in [-0.2, 0) is 4.79 Å². The summed E-state index contributed by atoms with van der Waals surface area (Å²) in [5.41, 5.74) is 1.45. The van der Waals surface area contributed by atoms with Gasteiger partial charge in [0.2, 0.25) is 0 Å².